The fourth-order valence-electron chi connectivity index (χ4n) is 2.38. The van der Waals surface area contributed by atoms with E-state index in [-0.39, 0.29) is 5.75 Å². The van der Waals surface area contributed by atoms with Crippen LogP contribution in [-0.4, -0.2) is 62.0 Å². The van der Waals surface area contributed by atoms with E-state index in [1.165, 1.54) is 4.31 Å². The lowest BCUT2D eigenvalue weighted by Crippen LogP contribution is -2.45. The zero-order valence-electron chi connectivity index (χ0n) is 13.0. The monoisotopic (exact) mass is 332 g/mol. The van der Waals surface area contributed by atoms with E-state index in [2.05, 4.69) is 17.2 Å². The minimum absolute atomic E-state index is 0.216. The minimum Gasteiger partial charge on any atom is -0.465 e. The van der Waals surface area contributed by atoms with E-state index in [9.17, 15) is 13.2 Å². The number of piperidine rings is 1. The first-order valence-electron chi connectivity index (χ1n) is 7.29. The lowest BCUT2D eigenvalue weighted by Gasteiger charge is -2.31. The lowest BCUT2D eigenvalue weighted by atomic mass is 9.99. The molecule has 22 heavy (non-hydrogen) atoms. The number of rotatable bonds is 7. The Morgan fingerprint density at radius 1 is 1.45 bits per heavy atom. The van der Waals surface area contributed by atoms with Gasteiger partial charge < -0.3 is 15.2 Å². The smallest absolute Gasteiger partial charge is 0.404 e. The normalized spacial score (nSPS) is 18.3. The first kappa shape index (κ1) is 18.7. The number of amides is 1. The Balaban J connectivity index is 2.38. The second kappa shape index (κ2) is 8.98. The SMILES string of the molecule is CC#CCOCC1CCN(S(=O)(=O)CC(C)NC(=O)O)CC1. The fourth-order valence-corrected chi connectivity index (χ4v) is 4.07. The van der Waals surface area contributed by atoms with Crippen molar-refractivity contribution in [3.63, 3.8) is 0 Å². The van der Waals surface area contributed by atoms with E-state index < -0.39 is 22.2 Å². The van der Waals surface area contributed by atoms with E-state index in [1.54, 1.807) is 13.8 Å². The highest BCUT2D eigenvalue weighted by atomic mass is 32.2. The molecule has 0 aromatic carbocycles. The molecule has 1 atom stereocenters. The molecule has 1 amide bonds. The van der Waals surface area contributed by atoms with Crippen molar-refractivity contribution >= 4 is 16.1 Å². The van der Waals surface area contributed by atoms with Gasteiger partial charge >= 0.3 is 6.09 Å². The van der Waals surface area contributed by atoms with Crippen molar-refractivity contribution in [2.45, 2.75) is 32.7 Å². The van der Waals surface area contributed by atoms with Gasteiger partial charge in [-0.3, -0.25) is 0 Å². The van der Waals surface area contributed by atoms with Crippen molar-refractivity contribution in [2.24, 2.45) is 5.92 Å². The van der Waals surface area contributed by atoms with E-state index in [0.29, 0.717) is 32.2 Å². The highest BCUT2D eigenvalue weighted by molar-refractivity contribution is 7.89. The van der Waals surface area contributed by atoms with Gasteiger partial charge in [-0.1, -0.05) is 5.92 Å². The predicted molar refractivity (Wildman–Crippen MR) is 83.0 cm³/mol. The van der Waals surface area contributed by atoms with Crippen molar-refractivity contribution < 1.29 is 23.1 Å². The quantitative estimate of drug-likeness (QED) is 0.529. The minimum atomic E-state index is -3.44. The van der Waals surface area contributed by atoms with E-state index in [1.807, 2.05) is 0 Å². The number of carbonyl (C=O) groups is 1. The Morgan fingerprint density at radius 3 is 2.64 bits per heavy atom. The number of carboxylic acid groups (broad SMARTS) is 1. The summed E-state index contributed by atoms with van der Waals surface area (Å²) in [5.41, 5.74) is 0. The van der Waals surface area contributed by atoms with Crippen LogP contribution in [-0.2, 0) is 14.8 Å². The number of sulfonamides is 1. The molecular formula is C14H24N2O5S. The topological polar surface area (TPSA) is 95.9 Å². The molecule has 8 heteroatoms. The molecule has 7 nitrogen and oxygen atoms in total. The molecule has 1 heterocycles. The highest BCUT2D eigenvalue weighted by Crippen LogP contribution is 2.20. The largest absolute Gasteiger partial charge is 0.465 e. The Labute approximate surface area is 132 Å². The standard InChI is InChI=1S/C14H24N2O5S/c1-3-4-9-21-10-13-5-7-16(8-6-13)22(19,20)11-12(2)15-14(17)18/h12-13,15H,5-11H2,1-2H3,(H,17,18). The van der Waals surface area contributed by atoms with Gasteiger partial charge in [0.25, 0.3) is 0 Å². The van der Waals surface area contributed by atoms with Crippen molar-refractivity contribution in [3.8, 4) is 11.8 Å². The Morgan fingerprint density at radius 2 is 2.09 bits per heavy atom. The van der Waals surface area contributed by atoms with E-state index >= 15 is 0 Å². The zero-order valence-corrected chi connectivity index (χ0v) is 13.9. The molecule has 0 bridgehead atoms. The van der Waals surface area contributed by atoms with Gasteiger partial charge in [-0.15, -0.1) is 5.92 Å². The summed E-state index contributed by atoms with van der Waals surface area (Å²) in [7, 11) is -3.44. The van der Waals surface area contributed by atoms with Crippen molar-refractivity contribution in [3.05, 3.63) is 0 Å². The summed E-state index contributed by atoms with van der Waals surface area (Å²) in [6.45, 7) is 5.21. The van der Waals surface area contributed by atoms with Gasteiger partial charge in [-0.25, -0.2) is 17.5 Å². The number of ether oxygens (including phenoxy) is 1. The number of nitrogens with one attached hydrogen (secondary N) is 1. The number of hydrogen-bond acceptors (Lipinski definition) is 4. The molecule has 1 fully saturated rings. The summed E-state index contributed by atoms with van der Waals surface area (Å²) in [5, 5.41) is 10.8. The maximum atomic E-state index is 12.2. The molecule has 1 rings (SSSR count). The van der Waals surface area contributed by atoms with Gasteiger partial charge in [0.2, 0.25) is 10.0 Å². The number of hydrogen-bond donors (Lipinski definition) is 2. The predicted octanol–water partition coefficient (Wildman–Crippen LogP) is 0.724. The first-order valence-corrected chi connectivity index (χ1v) is 8.90. The third-order valence-electron chi connectivity index (χ3n) is 3.50. The summed E-state index contributed by atoms with van der Waals surface area (Å²) in [5.74, 6) is 5.71. The Bertz CT molecular complexity index is 515. The maximum Gasteiger partial charge on any atom is 0.404 e. The van der Waals surface area contributed by atoms with Crippen LogP contribution in [0.5, 0.6) is 0 Å². The molecule has 1 aliphatic heterocycles. The van der Waals surface area contributed by atoms with E-state index in [0.717, 1.165) is 12.8 Å². The summed E-state index contributed by atoms with van der Waals surface area (Å²) in [6, 6.07) is -0.629. The molecule has 0 aromatic rings. The van der Waals surface area contributed by atoms with Crippen LogP contribution in [0.2, 0.25) is 0 Å². The Kier molecular flexibility index (Phi) is 7.65. The maximum absolute atomic E-state index is 12.2. The average molecular weight is 332 g/mol. The second-order valence-electron chi connectivity index (χ2n) is 5.41. The van der Waals surface area contributed by atoms with E-state index in [4.69, 9.17) is 9.84 Å². The Hall–Kier alpha value is -1.30. The highest BCUT2D eigenvalue weighted by Gasteiger charge is 2.29. The summed E-state index contributed by atoms with van der Waals surface area (Å²) in [6.07, 6.45) is 0.285. The van der Waals surface area contributed by atoms with Crippen LogP contribution in [0.3, 0.4) is 0 Å². The summed E-state index contributed by atoms with van der Waals surface area (Å²) in [4.78, 5) is 10.5. The van der Waals surface area contributed by atoms with Crippen LogP contribution >= 0.6 is 0 Å². The molecule has 0 radical (unpaired) electrons. The van der Waals surface area contributed by atoms with Crippen LogP contribution in [0.15, 0.2) is 0 Å². The summed E-state index contributed by atoms with van der Waals surface area (Å²) >= 11 is 0. The van der Waals surface area contributed by atoms with Crippen LogP contribution in [0.25, 0.3) is 0 Å². The first-order chi connectivity index (χ1) is 10.3. The van der Waals surface area contributed by atoms with Crippen LogP contribution in [0.4, 0.5) is 4.79 Å². The molecule has 0 aromatic heterocycles. The van der Waals surface area contributed by atoms with Crippen LogP contribution < -0.4 is 5.32 Å². The van der Waals surface area contributed by atoms with Crippen molar-refractivity contribution in [1.29, 1.82) is 0 Å². The second-order valence-corrected chi connectivity index (χ2v) is 7.43. The van der Waals surface area contributed by atoms with Gasteiger partial charge in [0.05, 0.1) is 12.4 Å². The number of nitrogens with zero attached hydrogens (tertiary/aromatic N) is 1. The van der Waals surface area contributed by atoms with Gasteiger partial charge in [-0.2, -0.15) is 0 Å². The van der Waals surface area contributed by atoms with Gasteiger partial charge in [0.15, 0.2) is 0 Å². The molecule has 1 aliphatic rings. The molecule has 0 spiro atoms. The molecule has 2 N–H and O–H groups in total. The van der Waals surface area contributed by atoms with Crippen LogP contribution in [0.1, 0.15) is 26.7 Å². The average Bonchev–Trinajstić information content (AvgIpc) is 2.42. The zero-order chi connectivity index (χ0) is 16.6. The van der Waals surface area contributed by atoms with Crippen molar-refractivity contribution in [2.75, 3.05) is 32.1 Å². The molecular weight excluding hydrogens is 308 g/mol. The summed E-state index contributed by atoms with van der Waals surface area (Å²) < 4.78 is 31.3. The molecule has 126 valence electrons. The van der Waals surface area contributed by atoms with Crippen molar-refractivity contribution in [1.82, 2.24) is 9.62 Å². The lowest BCUT2D eigenvalue weighted by molar-refractivity contribution is 0.101. The molecule has 1 unspecified atom stereocenters. The third kappa shape index (κ3) is 6.64. The molecule has 0 aliphatic carbocycles. The van der Waals surface area contributed by atoms with Gasteiger partial charge in [0.1, 0.15) is 6.61 Å². The third-order valence-corrected chi connectivity index (χ3v) is 5.58. The van der Waals surface area contributed by atoms with Gasteiger partial charge in [0, 0.05) is 19.1 Å². The molecule has 0 saturated carbocycles. The molecule has 1 saturated heterocycles. The van der Waals surface area contributed by atoms with Gasteiger partial charge in [-0.05, 0) is 32.6 Å². The fraction of sp³-hybridized carbons (Fsp3) is 0.786. The van der Waals surface area contributed by atoms with Crippen LogP contribution in [0, 0.1) is 17.8 Å².